The molecular weight excluding hydrogens is 271 g/mol. The summed E-state index contributed by atoms with van der Waals surface area (Å²) in [6.07, 6.45) is 2.41. The minimum absolute atomic E-state index is 0.121. The number of hydrogen-bond donors (Lipinski definition) is 0. The molecule has 1 rings (SSSR count). The lowest BCUT2D eigenvalue weighted by molar-refractivity contribution is -0.0437. The number of methoxy groups -OCH3 is 1. The number of aryl methyl sites for hydroxylation is 1. The molecule has 0 aliphatic heterocycles. The predicted molar refractivity (Wildman–Crippen MR) is 59.3 cm³/mol. The van der Waals surface area contributed by atoms with Crippen LogP contribution in [0.25, 0.3) is 0 Å². The smallest absolute Gasteiger partial charge is 0.392 e. The van der Waals surface area contributed by atoms with Gasteiger partial charge in [-0.25, -0.2) is 4.21 Å². The highest BCUT2D eigenvalue weighted by molar-refractivity contribution is 7.81. The molecule has 0 saturated heterocycles. The molecule has 18 heavy (non-hydrogen) atoms. The summed E-state index contributed by atoms with van der Waals surface area (Å²) < 4.78 is 56.4. The van der Waals surface area contributed by atoms with Crippen LogP contribution in [0.4, 0.5) is 13.2 Å². The lowest BCUT2D eigenvalue weighted by Crippen LogP contribution is -2.21. The number of aromatic nitrogens is 1. The van der Waals surface area contributed by atoms with E-state index in [0.717, 1.165) is 0 Å². The fourth-order valence-corrected chi connectivity index (χ4v) is 1.61. The van der Waals surface area contributed by atoms with Crippen molar-refractivity contribution in [1.29, 1.82) is 0 Å². The highest BCUT2D eigenvalue weighted by Gasteiger charge is 2.40. The molecule has 0 aliphatic carbocycles. The van der Waals surface area contributed by atoms with Gasteiger partial charge in [-0.1, -0.05) is 0 Å². The zero-order chi connectivity index (χ0) is 13.6. The van der Waals surface area contributed by atoms with Gasteiger partial charge >= 0.3 is 16.6 Å². The van der Waals surface area contributed by atoms with E-state index in [1.807, 2.05) is 0 Å². The van der Waals surface area contributed by atoms with Crippen molar-refractivity contribution in [1.82, 2.24) is 4.98 Å². The normalized spacial score (nSPS) is 13.3. The zero-order valence-electron chi connectivity index (χ0n) is 9.57. The van der Waals surface area contributed by atoms with E-state index in [4.69, 9.17) is 4.74 Å². The van der Waals surface area contributed by atoms with Gasteiger partial charge in [-0.3, -0.25) is 4.98 Å². The molecule has 1 aromatic rings. The van der Waals surface area contributed by atoms with Crippen LogP contribution in [0.15, 0.2) is 18.3 Å². The number of hydrogen-bond acceptors (Lipinski definition) is 4. The van der Waals surface area contributed by atoms with Gasteiger partial charge in [0.1, 0.15) is 0 Å². The van der Waals surface area contributed by atoms with Crippen LogP contribution in [-0.4, -0.2) is 28.4 Å². The molecule has 0 aromatic carbocycles. The fourth-order valence-electron chi connectivity index (χ4n) is 1.20. The molecule has 0 amide bonds. The Morgan fingerprint density at radius 3 is 2.78 bits per heavy atom. The van der Waals surface area contributed by atoms with Gasteiger partial charge in [0.25, 0.3) is 0 Å². The molecule has 102 valence electrons. The van der Waals surface area contributed by atoms with Gasteiger partial charge in [-0.05, 0) is 25.0 Å². The summed E-state index contributed by atoms with van der Waals surface area (Å²) in [5.41, 5.74) is -4.58. The quantitative estimate of drug-likeness (QED) is 0.751. The van der Waals surface area contributed by atoms with E-state index in [9.17, 15) is 17.4 Å². The van der Waals surface area contributed by atoms with Gasteiger partial charge in [-0.2, -0.15) is 13.2 Å². The number of nitrogens with zero attached hydrogens (tertiary/aromatic N) is 1. The maximum absolute atomic E-state index is 12.1. The highest BCUT2D eigenvalue weighted by atomic mass is 32.2. The van der Waals surface area contributed by atoms with Crippen LogP contribution >= 0.6 is 0 Å². The second-order valence-electron chi connectivity index (χ2n) is 3.31. The van der Waals surface area contributed by atoms with E-state index in [1.54, 1.807) is 0 Å². The molecule has 1 unspecified atom stereocenters. The van der Waals surface area contributed by atoms with E-state index in [0.29, 0.717) is 25.1 Å². The van der Waals surface area contributed by atoms with Crippen LogP contribution in [0.3, 0.4) is 0 Å². The van der Waals surface area contributed by atoms with Gasteiger partial charge in [0.05, 0.1) is 5.69 Å². The van der Waals surface area contributed by atoms with Crippen LogP contribution in [0, 0.1) is 0 Å². The minimum Gasteiger partial charge on any atom is -0.392 e. The van der Waals surface area contributed by atoms with Crippen molar-refractivity contribution in [3.8, 4) is 5.75 Å². The van der Waals surface area contributed by atoms with Gasteiger partial charge in [-0.15, -0.1) is 0 Å². The molecule has 0 spiro atoms. The van der Waals surface area contributed by atoms with Crippen molar-refractivity contribution in [3.63, 3.8) is 0 Å². The SMILES string of the molecule is COCCCc1ncccc1OS(=O)C(F)(F)F. The first-order valence-corrected chi connectivity index (χ1v) is 6.12. The van der Waals surface area contributed by atoms with Gasteiger partial charge < -0.3 is 8.92 Å². The molecule has 0 saturated carbocycles. The second-order valence-corrected chi connectivity index (χ2v) is 4.41. The van der Waals surface area contributed by atoms with Crippen molar-refractivity contribution in [2.45, 2.75) is 18.3 Å². The van der Waals surface area contributed by atoms with Crippen LogP contribution < -0.4 is 4.18 Å². The minimum atomic E-state index is -4.90. The monoisotopic (exact) mass is 283 g/mol. The maximum Gasteiger partial charge on any atom is 0.508 e. The second kappa shape index (κ2) is 6.69. The third-order valence-electron chi connectivity index (χ3n) is 1.96. The molecule has 0 N–H and O–H groups in total. The van der Waals surface area contributed by atoms with E-state index in [-0.39, 0.29) is 5.75 Å². The Labute approximate surface area is 105 Å². The number of rotatable bonds is 6. The molecule has 4 nitrogen and oxygen atoms in total. The Bertz CT molecular complexity index is 412. The lowest BCUT2D eigenvalue weighted by Gasteiger charge is -2.10. The molecule has 1 heterocycles. The third kappa shape index (κ3) is 4.61. The summed E-state index contributed by atoms with van der Waals surface area (Å²) in [6, 6.07) is 2.72. The molecule has 0 fully saturated rings. The summed E-state index contributed by atoms with van der Waals surface area (Å²) >= 11 is -3.38. The van der Waals surface area contributed by atoms with Crippen LogP contribution in [0.1, 0.15) is 12.1 Å². The van der Waals surface area contributed by atoms with Crippen LogP contribution in [0.2, 0.25) is 0 Å². The molecule has 8 heteroatoms. The third-order valence-corrected chi connectivity index (χ3v) is 2.67. The van der Waals surface area contributed by atoms with Gasteiger partial charge in [0, 0.05) is 19.9 Å². The Morgan fingerprint density at radius 1 is 1.44 bits per heavy atom. The maximum atomic E-state index is 12.1. The number of ether oxygens (including phenoxy) is 1. The van der Waals surface area contributed by atoms with Crippen molar-refractivity contribution < 1.29 is 26.3 Å². The molecule has 1 aromatic heterocycles. The number of halogens is 3. The largest absolute Gasteiger partial charge is 0.508 e. The van der Waals surface area contributed by atoms with Crippen LogP contribution in [0.5, 0.6) is 5.75 Å². The first kappa shape index (κ1) is 14.9. The summed E-state index contributed by atoms with van der Waals surface area (Å²) in [5.74, 6) is -0.121. The highest BCUT2D eigenvalue weighted by Crippen LogP contribution is 2.25. The molecule has 0 bridgehead atoms. The Kier molecular flexibility index (Phi) is 5.54. The van der Waals surface area contributed by atoms with Crippen molar-refractivity contribution in [3.05, 3.63) is 24.0 Å². The van der Waals surface area contributed by atoms with E-state index in [1.165, 1.54) is 25.4 Å². The first-order valence-electron chi connectivity index (χ1n) is 5.05. The molecule has 1 atom stereocenters. The average molecular weight is 283 g/mol. The fraction of sp³-hybridized carbons (Fsp3) is 0.500. The molecule has 0 aliphatic rings. The molecular formula is C10H12F3NO3S. The standard InChI is InChI=1S/C10H12F3NO3S/c1-16-7-3-4-8-9(5-2-6-14-8)17-18(15)10(11,12)13/h2,5-6H,3-4,7H2,1H3. The van der Waals surface area contributed by atoms with Crippen LogP contribution in [-0.2, 0) is 22.2 Å². The topological polar surface area (TPSA) is 48.4 Å². The van der Waals surface area contributed by atoms with E-state index >= 15 is 0 Å². The van der Waals surface area contributed by atoms with E-state index in [2.05, 4.69) is 9.17 Å². The average Bonchev–Trinajstić information content (AvgIpc) is 2.30. The van der Waals surface area contributed by atoms with Crippen molar-refractivity contribution in [2.75, 3.05) is 13.7 Å². The Hall–Kier alpha value is -1.15. The summed E-state index contributed by atoms with van der Waals surface area (Å²) in [6.45, 7) is 0.457. The summed E-state index contributed by atoms with van der Waals surface area (Å²) in [7, 11) is 1.52. The van der Waals surface area contributed by atoms with Crippen molar-refractivity contribution >= 4 is 11.1 Å². The Morgan fingerprint density at radius 2 is 2.17 bits per heavy atom. The van der Waals surface area contributed by atoms with Gasteiger partial charge in [0.2, 0.25) is 0 Å². The Balaban J connectivity index is 2.73. The van der Waals surface area contributed by atoms with Gasteiger partial charge in [0.15, 0.2) is 5.75 Å². The summed E-state index contributed by atoms with van der Waals surface area (Å²) in [4.78, 5) is 3.90. The van der Waals surface area contributed by atoms with Crippen molar-refractivity contribution in [2.24, 2.45) is 0 Å². The number of alkyl halides is 3. The lowest BCUT2D eigenvalue weighted by atomic mass is 10.2. The first-order chi connectivity index (χ1) is 8.45. The zero-order valence-corrected chi connectivity index (χ0v) is 10.4. The predicted octanol–water partition coefficient (Wildman–Crippen LogP) is 2.22. The summed E-state index contributed by atoms with van der Waals surface area (Å²) in [5, 5.41) is 0. The van der Waals surface area contributed by atoms with E-state index < -0.39 is 16.6 Å². The molecule has 0 radical (unpaired) electrons. The number of pyridine rings is 1.